The van der Waals surface area contributed by atoms with Crippen molar-refractivity contribution in [2.75, 3.05) is 19.0 Å². The first-order chi connectivity index (χ1) is 9.65. The molecule has 0 bridgehead atoms. The molecule has 2 aromatic rings. The Kier molecular flexibility index (Phi) is 5.14. The summed E-state index contributed by atoms with van der Waals surface area (Å²) in [5, 5.41) is 4.30. The summed E-state index contributed by atoms with van der Waals surface area (Å²) in [5.74, 6) is 1.05. The number of aromatic nitrogens is 3. The normalized spacial score (nSPS) is 11.0. The molecule has 0 saturated heterocycles. The summed E-state index contributed by atoms with van der Waals surface area (Å²) in [6.07, 6.45) is 5.98. The van der Waals surface area contributed by atoms with Crippen molar-refractivity contribution in [3.05, 3.63) is 28.8 Å². The molecule has 0 spiro atoms. The second kappa shape index (κ2) is 6.85. The fraction of sp³-hybridized carbons (Fsp3) is 0.571. The van der Waals surface area contributed by atoms with Crippen LogP contribution in [0.25, 0.3) is 0 Å². The summed E-state index contributed by atoms with van der Waals surface area (Å²) in [6, 6.07) is 0. The van der Waals surface area contributed by atoms with Crippen LogP contribution in [0.2, 0.25) is 0 Å². The number of rotatable bonds is 7. The number of nitrogens with zero attached hydrogens (tertiary/aromatic N) is 4. The van der Waals surface area contributed by atoms with Crippen LogP contribution in [0.15, 0.2) is 12.4 Å². The van der Waals surface area contributed by atoms with Crippen molar-refractivity contribution in [3.63, 3.8) is 0 Å². The molecule has 6 heteroatoms. The minimum absolute atomic E-state index is 0.779. The molecule has 20 heavy (non-hydrogen) atoms. The van der Waals surface area contributed by atoms with E-state index in [1.807, 2.05) is 31.1 Å². The Morgan fingerprint density at radius 3 is 2.85 bits per heavy atom. The van der Waals surface area contributed by atoms with Gasteiger partial charge in [-0.2, -0.15) is 0 Å². The van der Waals surface area contributed by atoms with Gasteiger partial charge in [-0.15, -0.1) is 11.3 Å². The van der Waals surface area contributed by atoms with Crippen molar-refractivity contribution >= 4 is 16.5 Å². The van der Waals surface area contributed by atoms with E-state index in [-0.39, 0.29) is 0 Å². The highest BCUT2D eigenvalue weighted by Crippen LogP contribution is 2.27. The fourth-order valence-electron chi connectivity index (χ4n) is 2.09. The fourth-order valence-corrected chi connectivity index (χ4v) is 3.17. The van der Waals surface area contributed by atoms with Crippen molar-refractivity contribution in [3.8, 4) is 0 Å². The molecule has 1 N–H and O–H groups in total. The second-order valence-electron chi connectivity index (χ2n) is 4.96. The maximum Gasteiger partial charge on any atom is 0.185 e. The average Bonchev–Trinajstić information content (AvgIpc) is 2.99. The van der Waals surface area contributed by atoms with Gasteiger partial charge >= 0.3 is 0 Å². The Balaban J connectivity index is 2.14. The standard InChI is InChI=1S/C14H23N5S/c1-5-6-11-12(9-15-2)20-14(17-11)19(4)10-13-16-7-8-18(13)3/h7-8,15H,5-6,9-10H2,1-4H3. The third kappa shape index (κ3) is 3.37. The highest BCUT2D eigenvalue weighted by molar-refractivity contribution is 7.15. The Labute approximate surface area is 124 Å². The van der Waals surface area contributed by atoms with E-state index in [1.54, 1.807) is 11.3 Å². The van der Waals surface area contributed by atoms with E-state index in [4.69, 9.17) is 4.98 Å². The summed E-state index contributed by atoms with van der Waals surface area (Å²) in [6.45, 7) is 3.87. The van der Waals surface area contributed by atoms with Gasteiger partial charge in [0, 0.05) is 37.9 Å². The van der Waals surface area contributed by atoms with E-state index in [0.717, 1.165) is 36.9 Å². The Hall–Kier alpha value is -1.40. The molecule has 0 aliphatic rings. The monoisotopic (exact) mass is 293 g/mol. The van der Waals surface area contributed by atoms with Crippen LogP contribution in [0.1, 0.15) is 29.7 Å². The molecule has 5 nitrogen and oxygen atoms in total. The Bertz CT molecular complexity index is 522. The lowest BCUT2D eigenvalue weighted by Gasteiger charge is -2.15. The molecule has 0 atom stereocenters. The van der Waals surface area contributed by atoms with Gasteiger partial charge in [-0.3, -0.25) is 0 Å². The highest BCUT2D eigenvalue weighted by atomic mass is 32.1. The quantitative estimate of drug-likeness (QED) is 0.850. The van der Waals surface area contributed by atoms with Gasteiger partial charge in [0.05, 0.1) is 12.2 Å². The summed E-state index contributed by atoms with van der Waals surface area (Å²) in [5.41, 5.74) is 1.23. The molecular formula is C14H23N5S. The van der Waals surface area contributed by atoms with Gasteiger partial charge in [0.15, 0.2) is 5.13 Å². The minimum Gasteiger partial charge on any atom is -0.344 e. The highest BCUT2D eigenvalue weighted by Gasteiger charge is 2.14. The first kappa shape index (κ1) is 15.0. The van der Waals surface area contributed by atoms with E-state index < -0.39 is 0 Å². The number of thiazole rings is 1. The first-order valence-corrected chi connectivity index (χ1v) is 7.77. The molecule has 0 fully saturated rings. The molecule has 0 aromatic carbocycles. The van der Waals surface area contributed by atoms with Gasteiger partial charge in [-0.25, -0.2) is 9.97 Å². The van der Waals surface area contributed by atoms with Crippen molar-refractivity contribution in [2.45, 2.75) is 32.9 Å². The average molecular weight is 293 g/mol. The third-order valence-electron chi connectivity index (χ3n) is 3.22. The van der Waals surface area contributed by atoms with Gasteiger partial charge in [-0.05, 0) is 13.5 Å². The minimum atomic E-state index is 0.779. The van der Waals surface area contributed by atoms with E-state index in [2.05, 4.69) is 29.2 Å². The maximum atomic E-state index is 4.80. The number of imidazole rings is 1. The molecule has 0 saturated carbocycles. The molecular weight excluding hydrogens is 270 g/mol. The van der Waals surface area contributed by atoms with E-state index in [1.165, 1.54) is 10.6 Å². The summed E-state index contributed by atoms with van der Waals surface area (Å²) in [4.78, 5) is 12.7. The van der Waals surface area contributed by atoms with Crippen LogP contribution in [-0.2, 0) is 26.6 Å². The predicted octanol–water partition coefficient (Wildman–Crippen LogP) is 2.18. The van der Waals surface area contributed by atoms with Crippen LogP contribution in [0, 0.1) is 0 Å². The molecule has 2 heterocycles. The largest absolute Gasteiger partial charge is 0.344 e. The van der Waals surface area contributed by atoms with E-state index in [9.17, 15) is 0 Å². The smallest absolute Gasteiger partial charge is 0.185 e. The first-order valence-electron chi connectivity index (χ1n) is 6.96. The van der Waals surface area contributed by atoms with Crippen LogP contribution >= 0.6 is 11.3 Å². The molecule has 0 radical (unpaired) electrons. The molecule has 2 rings (SSSR count). The predicted molar refractivity (Wildman–Crippen MR) is 84.2 cm³/mol. The van der Waals surface area contributed by atoms with Gasteiger partial charge < -0.3 is 14.8 Å². The molecule has 2 aromatic heterocycles. The zero-order chi connectivity index (χ0) is 14.5. The van der Waals surface area contributed by atoms with Gasteiger partial charge in [0.1, 0.15) is 5.82 Å². The molecule has 0 amide bonds. The summed E-state index contributed by atoms with van der Waals surface area (Å²) in [7, 11) is 6.08. The van der Waals surface area contributed by atoms with Crippen molar-refractivity contribution in [2.24, 2.45) is 7.05 Å². The van der Waals surface area contributed by atoms with Crippen molar-refractivity contribution in [1.82, 2.24) is 19.9 Å². The van der Waals surface area contributed by atoms with Crippen molar-refractivity contribution in [1.29, 1.82) is 0 Å². The van der Waals surface area contributed by atoms with Gasteiger partial charge in [-0.1, -0.05) is 13.3 Å². The molecule has 0 unspecified atom stereocenters. The summed E-state index contributed by atoms with van der Waals surface area (Å²) >= 11 is 1.78. The van der Waals surface area contributed by atoms with Crippen LogP contribution in [0.3, 0.4) is 0 Å². The Morgan fingerprint density at radius 1 is 1.45 bits per heavy atom. The zero-order valence-corrected chi connectivity index (χ0v) is 13.5. The van der Waals surface area contributed by atoms with E-state index >= 15 is 0 Å². The van der Waals surface area contributed by atoms with Gasteiger partial charge in [0.25, 0.3) is 0 Å². The maximum absolute atomic E-state index is 4.80. The van der Waals surface area contributed by atoms with Crippen LogP contribution < -0.4 is 10.2 Å². The van der Waals surface area contributed by atoms with Gasteiger partial charge in [0.2, 0.25) is 0 Å². The lowest BCUT2D eigenvalue weighted by molar-refractivity contribution is 0.756. The molecule has 0 aliphatic carbocycles. The summed E-state index contributed by atoms with van der Waals surface area (Å²) < 4.78 is 2.05. The number of hydrogen-bond donors (Lipinski definition) is 1. The molecule has 110 valence electrons. The topological polar surface area (TPSA) is 46.0 Å². The number of nitrogens with one attached hydrogen (secondary N) is 1. The Morgan fingerprint density at radius 2 is 2.25 bits per heavy atom. The second-order valence-corrected chi connectivity index (χ2v) is 6.02. The lowest BCUT2D eigenvalue weighted by atomic mass is 10.2. The molecule has 0 aliphatic heterocycles. The lowest BCUT2D eigenvalue weighted by Crippen LogP contribution is -2.18. The number of hydrogen-bond acceptors (Lipinski definition) is 5. The SMILES string of the molecule is CCCc1nc(N(C)Cc2nccn2C)sc1CNC. The van der Waals surface area contributed by atoms with Crippen LogP contribution in [0.5, 0.6) is 0 Å². The van der Waals surface area contributed by atoms with E-state index in [0.29, 0.717) is 0 Å². The number of aryl methyl sites for hydroxylation is 2. The third-order valence-corrected chi connectivity index (χ3v) is 4.43. The van der Waals surface area contributed by atoms with Crippen molar-refractivity contribution < 1.29 is 0 Å². The van der Waals surface area contributed by atoms with Crippen LogP contribution in [-0.4, -0.2) is 28.6 Å². The zero-order valence-electron chi connectivity index (χ0n) is 12.7. The number of anilines is 1. The van der Waals surface area contributed by atoms with Crippen LogP contribution in [0.4, 0.5) is 5.13 Å².